The highest BCUT2D eigenvalue weighted by Crippen LogP contribution is 2.23. The molecule has 1 aliphatic heterocycles. The molecule has 12 heavy (non-hydrogen) atoms. The van der Waals surface area contributed by atoms with Gasteiger partial charge in [0.05, 0.1) is 0 Å². The highest BCUT2D eigenvalue weighted by molar-refractivity contribution is 5.39. The Hall–Kier alpha value is -1.02. The number of phenols is 1. The highest BCUT2D eigenvalue weighted by Gasteiger charge is 2.09. The molecule has 0 spiro atoms. The minimum Gasteiger partial charge on any atom is -0.508 e. The van der Waals surface area contributed by atoms with Gasteiger partial charge in [-0.1, -0.05) is 12.1 Å². The second-order valence-electron chi connectivity index (χ2n) is 3.20. The predicted molar refractivity (Wildman–Crippen MR) is 48.1 cm³/mol. The fourth-order valence-corrected chi connectivity index (χ4v) is 1.69. The van der Waals surface area contributed by atoms with E-state index < -0.39 is 0 Å². The van der Waals surface area contributed by atoms with Gasteiger partial charge in [-0.05, 0) is 36.6 Å². The number of hydrogen-bond acceptors (Lipinski definition) is 2. The number of rotatable bonds is 0. The summed E-state index contributed by atoms with van der Waals surface area (Å²) in [6.45, 7) is 1.94. The van der Waals surface area contributed by atoms with Gasteiger partial charge in [0.25, 0.3) is 0 Å². The molecule has 0 fully saturated rings. The van der Waals surface area contributed by atoms with E-state index in [2.05, 4.69) is 11.4 Å². The van der Waals surface area contributed by atoms with Crippen LogP contribution in [-0.4, -0.2) is 11.7 Å². The summed E-state index contributed by atoms with van der Waals surface area (Å²) in [5.74, 6) is 0.455. The fraction of sp³-hybridized carbons (Fsp3) is 0.400. The van der Waals surface area contributed by atoms with Crippen molar-refractivity contribution in [1.82, 2.24) is 5.32 Å². The minimum absolute atomic E-state index is 0.455. The summed E-state index contributed by atoms with van der Waals surface area (Å²) in [6, 6.07) is 5.75. The zero-order valence-electron chi connectivity index (χ0n) is 7.01. The van der Waals surface area contributed by atoms with Crippen molar-refractivity contribution < 1.29 is 5.11 Å². The maximum Gasteiger partial charge on any atom is 0.119 e. The van der Waals surface area contributed by atoms with Crippen molar-refractivity contribution in [3.63, 3.8) is 0 Å². The maximum absolute atomic E-state index is 9.55. The van der Waals surface area contributed by atoms with E-state index in [4.69, 9.17) is 0 Å². The zero-order chi connectivity index (χ0) is 8.39. The van der Waals surface area contributed by atoms with Gasteiger partial charge < -0.3 is 10.4 Å². The molecule has 0 atom stereocenters. The van der Waals surface area contributed by atoms with E-state index in [1.807, 2.05) is 6.07 Å². The first-order chi connectivity index (χ1) is 5.88. The Balaban J connectivity index is 2.42. The number of aromatic hydroxyl groups is 1. The van der Waals surface area contributed by atoms with Gasteiger partial charge in [0.1, 0.15) is 5.75 Å². The van der Waals surface area contributed by atoms with Crippen LogP contribution in [-0.2, 0) is 13.0 Å². The van der Waals surface area contributed by atoms with Gasteiger partial charge in [-0.3, -0.25) is 0 Å². The molecule has 2 heteroatoms. The average Bonchev–Trinajstić information content (AvgIpc) is 2.30. The first kappa shape index (κ1) is 7.62. The lowest BCUT2D eigenvalue weighted by atomic mass is 10.0. The lowest BCUT2D eigenvalue weighted by Gasteiger charge is -2.06. The maximum atomic E-state index is 9.55. The Morgan fingerprint density at radius 3 is 3.17 bits per heavy atom. The predicted octanol–water partition coefficient (Wildman–Crippen LogP) is 1.43. The van der Waals surface area contributed by atoms with Crippen LogP contribution in [0.25, 0.3) is 0 Å². The molecule has 0 amide bonds. The standard InChI is InChI=1S/C10H13NO/c12-10-5-1-3-8-7-11-6-2-4-9(8)10/h1,3,5,11-12H,2,4,6-7H2. The third-order valence-electron chi connectivity index (χ3n) is 2.34. The highest BCUT2D eigenvalue weighted by atomic mass is 16.3. The van der Waals surface area contributed by atoms with Gasteiger partial charge in [-0.25, -0.2) is 0 Å². The smallest absolute Gasteiger partial charge is 0.119 e. The Morgan fingerprint density at radius 2 is 2.25 bits per heavy atom. The van der Waals surface area contributed by atoms with Crippen LogP contribution < -0.4 is 5.32 Å². The molecule has 0 saturated heterocycles. The molecule has 2 nitrogen and oxygen atoms in total. The molecular formula is C10H13NO. The SMILES string of the molecule is Oc1cccc2c1CCCNC2. The molecule has 0 unspecified atom stereocenters. The van der Waals surface area contributed by atoms with Crippen molar-refractivity contribution in [2.24, 2.45) is 0 Å². The number of benzene rings is 1. The van der Waals surface area contributed by atoms with Crippen molar-refractivity contribution >= 4 is 0 Å². The van der Waals surface area contributed by atoms with Crippen molar-refractivity contribution in [3.05, 3.63) is 29.3 Å². The van der Waals surface area contributed by atoms with Crippen LogP contribution >= 0.6 is 0 Å². The van der Waals surface area contributed by atoms with Crippen molar-refractivity contribution in [3.8, 4) is 5.75 Å². The summed E-state index contributed by atoms with van der Waals surface area (Å²) >= 11 is 0. The van der Waals surface area contributed by atoms with E-state index in [1.165, 1.54) is 5.56 Å². The molecule has 1 aliphatic rings. The summed E-state index contributed by atoms with van der Waals surface area (Å²) in [4.78, 5) is 0. The molecular weight excluding hydrogens is 150 g/mol. The molecule has 1 heterocycles. The fourth-order valence-electron chi connectivity index (χ4n) is 1.69. The van der Waals surface area contributed by atoms with Crippen LogP contribution in [0, 0.1) is 0 Å². The van der Waals surface area contributed by atoms with Gasteiger partial charge >= 0.3 is 0 Å². The lowest BCUT2D eigenvalue weighted by molar-refractivity contribution is 0.467. The van der Waals surface area contributed by atoms with E-state index >= 15 is 0 Å². The van der Waals surface area contributed by atoms with E-state index in [9.17, 15) is 5.11 Å². The minimum atomic E-state index is 0.455. The third kappa shape index (κ3) is 1.30. The Kier molecular flexibility index (Phi) is 2.00. The van der Waals surface area contributed by atoms with Crippen LogP contribution in [0.15, 0.2) is 18.2 Å². The quantitative estimate of drug-likeness (QED) is 0.606. The molecule has 0 bridgehead atoms. The van der Waals surface area contributed by atoms with E-state index in [0.717, 1.165) is 31.5 Å². The van der Waals surface area contributed by atoms with Crippen LogP contribution in [0.3, 0.4) is 0 Å². The van der Waals surface area contributed by atoms with E-state index in [1.54, 1.807) is 6.07 Å². The molecule has 64 valence electrons. The topological polar surface area (TPSA) is 32.3 Å². The summed E-state index contributed by atoms with van der Waals surface area (Å²) in [6.07, 6.45) is 2.11. The van der Waals surface area contributed by atoms with Crippen LogP contribution in [0.2, 0.25) is 0 Å². The molecule has 0 aromatic heterocycles. The number of hydrogen-bond donors (Lipinski definition) is 2. The van der Waals surface area contributed by atoms with Gasteiger partial charge in [-0.15, -0.1) is 0 Å². The van der Waals surface area contributed by atoms with Crippen molar-refractivity contribution in [2.75, 3.05) is 6.54 Å². The zero-order valence-corrected chi connectivity index (χ0v) is 7.01. The van der Waals surface area contributed by atoms with E-state index in [0.29, 0.717) is 5.75 Å². The van der Waals surface area contributed by atoms with Crippen molar-refractivity contribution in [2.45, 2.75) is 19.4 Å². The largest absolute Gasteiger partial charge is 0.508 e. The Morgan fingerprint density at radius 1 is 1.33 bits per heavy atom. The van der Waals surface area contributed by atoms with E-state index in [-0.39, 0.29) is 0 Å². The molecule has 0 saturated carbocycles. The molecule has 0 aliphatic carbocycles. The van der Waals surface area contributed by atoms with Gasteiger partial charge in [-0.2, -0.15) is 0 Å². The van der Waals surface area contributed by atoms with Crippen molar-refractivity contribution in [1.29, 1.82) is 0 Å². The Bertz CT molecular complexity index is 283. The summed E-state index contributed by atoms with van der Waals surface area (Å²) in [5.41, 5.74) is 2.37. The third-order valence-corrected chi connectivity index (χ3v) is 2.34. The first-order valence-corrected chi connectivity index (χ1v) is 4.38. The number of fused-ring (bicyclic) bond motifs is 1. The molecule has 1 aromatic rings. The average molecular weight is 163 g/mol. The summed E-state index contributed by atoms with van der Waals surface area (Å²) in [7, 11) is 0. The number of nitrogens with one attached hydrogen (secondary N) is 1. The normalized spacial score (nSPS) is 16.7. The van der Waals surface area contributed by atoms with Gasteiger partial charge in [0, 0.05) is 6.54 Å². The van der Waals surface area contributed by atoms with Crippen LogP contribution in [0.1, 0.15) is 17.5 Å². The van der Waals surface area contributed by atoms with Gasteiger partial charge in [0.15, 0.2) is 0 Å². The first-order valence-electron chi connectivity index (χ1n) is 4.38. The van der Waals surface area contributed by atoms with Crippen LogP contribution in [0.4, 0.5) is 0 Å². The molecule has 1 aromatic carbocycles. The lowest BCUT2D eigenvalue weighted by Crippen LogP contribution is -2.11. The summed E-state index contributed by atoms with van der Waals surface area (Å²) < 4.78 is 0. The second-order valence-corrected chi connectivity index (χ2v) is 3.20. The number of phenolic OH excluding ortho intramolecular Hbond substituents is 1. The second kappa shape index (κ2) is 3.15. The summed E-state index contributed by atoms with van der Waals surface area (Å²) in [5, 5.41) is 12.9. The van der Waals surface area contributed by atoms with Gasteiger partial charge in [0.2, 0.25) is 0 Å². The monoisotopic (exact) mass is 163 g/mol. The molecule has 2 N–H and O–H groups in total. The molecule has 2 rings (SSSR count). The van der Waals surface area contributed by atoms with Crippen LogP contribution in [0.5, 0.6) is 5.75 Å². The Labute approximate surface area is 72.2 Å². The molecule has 0 radical (unpaired) electrons.